The first-order valence-corrected chi connectivity index (χ1v) is 7.61. The van der Waals surface area contributed by atoms with Crippen LogP contribution in [0.15, 0.2) is 67.0 Å². The summed E-state index contributed by atoms with van der Waals surface area (Å²) in [7, 11) is 0. The van der Waals surface area contributed by atoms with E-state index in [1.165, 1.54) is 6.08 Å². The first-order chi connectivity index (χ1) is 11.7. The van der Waals surface area contributed by atoms with Gasteiger partial charge in [0.1, 0.15) is 6.54 Å². The number of anilines is 1. The van der Waals surface area contributed by atoms with E-state index in [0.29, 0.717) is 12.2 Å². The highest BCUT2D eigenvalue weighted by Crippen LogP contribution is 2.10. The molecule has 0 unspecified atom stereocenters. The highest BCUT2D eigenvalue weighted by Gasteiger charge is 2.04. The number of allylic oxidation sites excluding steroid dienone is 3. The lowest BCUT2D eigenvalue weighted by molar-refractivity contribution is -0.117. The molecule has 2 aromatic rings. The summed E-state index contributed by atoms with van der Waals surface area (Å²) in [4.78, 5) is 23.6. The van der Waals surface area contributed by atoms with Crippen LogP contribution in [0.1, 0.15) is 12.5 Å². The second-order valence-electron chi connectivity index (χ2n) is 5.05. The molecule has 0 spiro atoms. The largest absolute Gasteiger partial charge is 0.348 e. The van der Waals surface area contributed by atoms with Gasteiger partial charge in [-0.25, -0.2) is 0 Å². The van der Waals surface area contributed by atoms with Crippen molar-refractivity contribution in [3.8, 4) is 0 Å². The smallest absolute Gasteiger partial charge is 0.246 e. The van der Waals surface area contributed by atoms with Crippen LogP contribution in [0.25, 0.3) is 0 Å². The molecule has 0 bridgehead atoms. The molecule has 124 valence electrons. The Kier molecular flexibility index (Phi) is 6.52. The number of nitrogens with zero attached hydrogens (tertiary/aromatic N) is 2. The maximum Gasteiger partial charge on any atom is 0.246 e. The van der Waals surface area contributed by atoms with Crippen molar-refractivity contribution in [2.75, 3.05) is 5.32 Å². The van der Waals surface area contributed by atoms with Gasteiger partial charge < -0.3 is 10.6 Å². The van der Waals surface area contributed by atoms with E-state index < -0.39 is 0 Å². The summed E-state index contributed by atoms with van der Waals surface area (Å²) in [5, 5.41) is 9.59. The Morgan fingerprint density at radius 3 is 2.88 bits per heavy atom. The Morgan fingerprint density at radius 1 is 1.25 bits per heavy atom. The van der Waals surface area contributed by atoms with Crippen LogP contribution in [-0.4, -0.2) is 21.6 Å². The fourth-order valence-corrected chi connectivity index (χ4v) is 2.00. The van der Waals surface area contributed by atoms with E-state index in [9.17, 15) is 9.59 Å². The predicted octanol–water partition coefficient (Wildman–Crippen LogP) is 2.27. The standard InChI is InChI=1S/C18H20N4O2/c1-2-3-4-9-17(23)19-13-15-7-5-8-16(12-15)21-18(24)14-22-11-6-10-20-22/h2-12H,13-14H2,1H3,(H,19,23)(H,21,24)/b3-2+,9-4+. The summed E-state index contributed by atoms with van der Waals surface area (Å²) < 4.78 is 1.55. The first kappa shape index (κ1) is 17.2. The lowest BCUT2D eigenvalue weighted by Gasteiger charge is -2.08. The van der Waals surface area contributed by atoms with E-state index in [0.717, 1.165) is 5.56 Å². The van der Waals surface area contributed by atoms with Crippen molar-refractivity contribution in [3.05, 3.63) is 72.6 Å². The van der Waals surface area contributed by atoms with Crippen molar-refractivity contribution in [1.29, 1.82) is 0 Å². The normalized spacial score (nSPS) is 11.0. The van der Waals surface area contributed by atoms with E-state index in [2.05, 4.69) is 15.7 Å². The molecule has 0 saturated carbocycles. The fraction of sp³-hybridized carbons (Fsp3) is 0.167. The molecule has 0 atom stereocenters. The lowest BCUT2D eigenvalue weighted by Crippen LogP contribution is -2.21. The Bertz CT molecular complexity index is 733. The van der Waals surface area contributed by atoms with Gasteiger partial charge in [-0.15, -0.1) is 0 Å². The number of benzene rings is 1. The van der Waals surface area contributed by atoms with Gasteiger partial charge in [0, 0.05) is 30.7 Å². The molecule has 0 fully saturated rings. The zero-order valence-electron chi connectivity index (χ0n) is 13.5. The van der Waals surface area contributed by atoms with Gasteiger partial charge >= 0.3 is 0 Å². The molecule has 2 amide bonds. The van der Waals surface area contributed by atoms with Crippen LogP contribution in [0, 0.1) is 0 Å². The summed E-state index contributed by atoms with van der Waals surface area (Å²) in [6.07, 6.45) is 10.1. The molecule has 0 aliphatic rings. The highest BCUT2D eigenvalue weighted by atomic mass is 16.2. The van der Waals surface area contributed by atoms with Gasteiger partial charge in [0.05, 0.1) is 0 Å². The maximum absolute atomic E-state index is 11.9. The molecule has 1 aromatic carbocycles. The maximum atomic E-state index is 11.9. The van der Waals surface area contributed by atoms with Crippen LogP contribution in [0.5, 0.6) is 0 Å². The number of hydrogen-bond donors (Lipinski definition) is 2. The predicted molar refractivity (Wildman–Crippen MR) is 93.1 cm³/mol. The minimum absolute atomic E-state index is 0.156. The van der Waals surface area contributed by atoms with Crippen molar-refractivity contribution in [3.63, 3.8) is 0 Å². The van der Waals surface area contributed by atoms with Gasteiger partial charge in [-0.2, -0.15) is 5.10 Å². The van der Waals surface area contributed by atoms with E-state index in [1.807, 2.05) is 31.2 Å². The van der Waals surface area contributed by atoms with Gasteiger partial charge in [0.25, 0.3) is 0 Å². The Morgan fingerprint density at radius 2 is 2.12 bits per heavy atom. The molecular formula is C18H20N4O2. The Balaban J connectivity index is 1.86. The number of carbonyl (C=O) groups is 2. The minimum atomic E-state index is -0.166. The SMILES string of the molecule is C/C=C/C=C/C(=O)NCc1cccc(NC(=O)Cn2cccn2)c1. The topological polar surface area (TPSA) is 76.0 Å². The molecular weight excluding hydrogens is 304 g/mol. The molecule has 0 aliphatic carbocycles. The van der Waals surface area contributed by atoms with Gasteiger partial charge in [-0.1, -0.05) is 30.4 Å². The summed E-state index contributed by atoms with van der Waals surface area (Å²) in [6.45, 7) is 2.43. The van der Waals surface area contributed by atoms with Crippen molar-refractivity contribution >= 4 is 17.5 Å². The molecule has 1 heterocycles. The van der Waals surface area contributed by atoms with Crippen LogP contribution in [0.2, 0.25) is 0 Å². The van der Waals surface area contributed by atoms with Gasteiger partial charge in [0.2, 0.25) is 11.8 Å². The van der Waals surface area contributed by atoms with Crippen LogP contribution in [-0.2, 0) is 22.7 Å². The van der Waals surface area contributed by atoms with Gasteiger partial charge in [-0.3, -0.25) is 14.3 Å². The molecule has 0 radical (unpaired) electrons. The zero-order valence-corrected chi connectivity index (χ0v) is 13.5. The minimum Gasteiger partial charge on any atom is -0.348 e. The molecule has 0 aliphatic heterocycles. The molecule has 6 heteroatoms. The molecule has 6 nitrogen and oxygen atoms in total. The van der Waals surface area contributed by atoms with Crippen LogP contribution in [0.3, 0.4) is 0 Å². The summed E-state index contributed by atoms with van der Waals surface area (Å²) in [5.41, 5.74) is 1.59. The summed E-state index contributed by atoms with van der Waals surface area (Å²) in [5.74, 6) is -0.324. The zero-order chi connectivity index (χ0) is 17.2. The van der Waals surface area contributed by atoms with E-state index in [4.69, 9.17) is 0 Å². The van der Waals surface area contributed by atoms with Gasteiger partial charge in [0.15, 0.2) is 0 Å². The van der Waals surface area contributed by atoms with Crippen molar-refractivity contribution in [1.82, 2.24) is 15.1 Å². The summed E-state index contributed by atoms with van der Waals surface area (Å²) >= 11 is 0. The average Bonchev–Trinajstić information content (AvgIpc) is 3.06. The van der Waals surface area contributed by atoms with Crippen LogP contribution >= 0.6 is 0 Å². The monoisotopic (exact) mass is 324 g/mol. The molecule has 24 heavy (non-hydrogen) atoms. The van der Waals surface area contributed by atoms with Crippen molar-refractivity contribution < 1.29 is 9.59 Å². The second-order valence-corrected chi connectivity index (χ2v) is 5.05. The number of rotatable bonds is 7. The lowest BCUT2D eigenvalue weighted by atomic mass is 10.2. The number of carbonyl (C=O) groups excluding carboxylic acids is 2. The highest BCUT2D eigenvalue weighted by molar-refractivity contribution is 5.90. The third-order valence-corrected chi connectivity index (χ3v) is 3.09. The Labute approximate surface area is 140 Å². The van der Waals surface area contributed by atoms with E-state index >= 15 is 0 Å². The third-order valence-electron chi connectivity index (χ3n) is 3.09. The van der Waals surface area contributed by atoms with E-state index in [-0.39, 0.29) is 18.4 Å². The average molecular weight is 324 g/mol. The van der Waals surface area contributed by atoms with E-state index in [1.54, 1.807) is 41.4 Å². The molecule has 0 saturated heterocycles. The molecule has 2 N–H and O–H groups in total. The number of amides is 2. The number of nitrogens with one attached hydrogen (secondary N) is 2. The van der Waals surface area contributed by atoms with Crippen LogP contribution < -0.4 is 10.6 Å². The van der Waals surface area contributed by atoms with Gasteiger partial charge in [-0.05, 0) is 30.7 Å². The second kappa shape index (κ2) is 9.09. The van der Waals surface area contributed by atoms with Crippen molar-refractivity contribution in [2.24, 2.45) is 0 Å². The first-order valence-electron chi connectivity index (χ1n) is 7.61. The number of hydrogen-bond acceptors (Lipinski definition) is 3. The number of aromatic nitrogens is 2. The van der Waals surface area contributed by atoms with Crippen LogP contribution in [0.4, 0.5) is 5.69 Å². The molecule has 2 rings (SSSR count). The third kappa shape index (κ3) is 5.92. The van der Waals surface area contributed by atoms with Crippen molar-refractivity contribution in [2.45, 2.75) is 20.0 Å². The Hall–Kier alpha value is -3.15. The fourth-order valence-electron chi connectivity index (χ4n) is 2.00. The summed E-state index contributed by atoms with van der Waals surface area (Å²) in [6, 6.07) is 9.12. The quantitative estimate of drug-likeness (QED) is 0.606. The molecule has 1 aromatic heterocycles.